The number of hydrogen-bond acceptors (Lipinski definition) is 12. The van der Waals surface area contributed by atoms with E-state index in [1.807, 2.05) is 37.3 Å². The standard InChI is InChI=1S/C45H52FN11O4/c1-28-22-55(44-36(28)18-33(21-48-44)56-15-12-42(59)49-45(56)60)27-34-26-52(16-17-61-34)23-29-10-13-53(14-11-29)39-19-30(8-9-37(39)46)57-31-6-7-32(57)25-54(24-31)40-20-38(50-51-43(40)47)35-4-2-3-5-41(35)58/h2-5,8-9,18-22,29,31-32,34,58H,6-7,10-17,23-27H2,1H3,(H2,47,51)(H,49,59,60)/t31?,32?,34-/m0/s1. The van der Waals surface area contributed by atoms with E-state index in [4.69, 9.17) is 15.5 Å². The number of halogens is 1. The number of amides is 3. The van der Waals surface area contributed by atoms with Gasteiger partial charge in [-0.25, -0.2) is 14.2 Å². The molecule has 61 heavy (non-hydrogen) atoms. The minimum absolute atomic E-state index is 0.0122. The molecule has 8 heterocycles. The first-order valence-electron chi connectivity index (χ1n) is 21.6. The number of carbonyl (C=O) groups is 2. The van der Waals surface area contributed by atoms with Gasteiger partial charge in [-0.2, -0.15) is 0 Å². The fourth-order valence-corrected chi connectivity index (χ4v) is 10.3. The van der Waals surface area contributed by atoms with Crippen LogP contribution in [0.2, 0.25) is 0 Å². The van der Waals surface area contributed by atoms with Gasteiger partial charge in [-0.05, 0) is 86.6 Å². The van der Waals surface area contributed by atoms with E-state index < -0.39 is 6.03 Å². The average molecular weight is 830 g/mol. The molecule has 0 spiro atoms. The van der Waals surface area contributed by atoms with Gasteiger partial charge in [0.2, 0.25) is 5.91 Å². The third-order valence-electron chi connectivity index (χ3n) is 13.4. The molecule has 2 aromatic carbocycles. The molecule has 0 radical (unpaired) electrons. The van der Waals surface area contributed by atoms with Crippen molar-refractivity contribution >= 4 is 51.5 Å². The number of aromatic hydroxyl groups is 1. The molecule has 2 bridgehead atoms. The maximum absolute atomic E-state index is 15.6. The van der Waals surface area contributed by atoms with E-state index in [0.29, 0.717) is 54.1 Å². The minimum Gasteiger partial charge on any atom is -0.507 e. The summed E-state index contributed by atoms with van der Waals surface area (Å²) in [4.78, 5) is 40.0. The highest BCUT2D eigenvalue weighted by Crippen LogP contribution is 2.41. The molecular weight excluding hydrogens is 778 g/mol. The number of nitrogens with one attached hydrogen (secondary N) is 1. The van der Waals surface area contributed by atoms with Gasteiger partial charge in [-0.1, -0.05) is 12.1 Å². The normalized spacial score (nSPS) is 22.7. The number of phenols is 1. The first-order chi connectivity index (χ1) is 29.6. The Morgan fingerprint density at radius 1 is 0.885 bits per heavy atom. The zero-order valence-electron chi connectivity index (χ0n) is 34.4. The number of fused-ring (bicyclic) bond motifs is 3. The molecule has 15 nitrogen and oxygen atoms in total. The lowest BCUT2D eigenvalue weighted by Crippen LogP contribution is -2.54. The first kappa shape index (κ1) is 39.2. The molecule has 0 saturated carbocycles. The van der Waals surface area contributed by atoms with Crippen LogP contribution in [0, 0.1) is 18.7 Å². The number of nitrogens with zero attached hydrogens (tertiary/aromatic N) is 9. The lowest BCUT2D eigenvalue weighted by Gasteiger charge is -2.44. The third kappa shape index (κ3) is 7.67. The predicted molar refractivity (Wildman–Crippen MR) is 233 cm³/mol. The Labute approximate surface area is 353 Å². The number of piperidine rings is 1. The highest BCUT2D eigenvalue weighted by atomic mass is 19.1. The summed E-state index contributed by atoms with van der Waals surface area (Å²) >= 11 is 0. The summed E-state index contributed by atoms with van der Waals surface area (Å²) in [6.07, 6.45) is 8.15. The van der Waals surface area contributed by atoms with E-state index in [1.165, 1.54) is 0 Å². The van der Waals surface area contributed by atoms with Crippen molar-refractivity contribution < 1.29 is 23.8 Å². The second kappa shape index (κ2) is 16.1. The molecular formula is C45H52FN11O4. The van der Waals surface area contributed by atoms with Gasteiger partial charge in [0, 0.05) is 93.7 Å². The third-order valence-corrected chi connectivity index (χ3v) is 13.4. The Bertz CT molecular complexity index is 2460. The van der Waals surface area contributed by atoms with Crippen LogP contribution in [0.5, 0.6) is 5.75 Å². The van der Waals surface area contributed by atoms with E-state index in [-0.39, 0.29) is 42.1 Å². The van der Waals surface area contributed by atoms with Crippen LogP contribution in [0.4, 0.5) is 37.8 Å². The van der Waals surface area contributed by atoms with Crippen LogP contribution in [-0.2, 0) is 16.1 Å². The van der Waals surface area contributed by atoms with Crippen molar-refractivity contribution in [2.75, 3.05) is 84.3 Å². The Kier molecular flexibility index (Phi) is 10.3. The van der Waals surface area contributed by atoms with E-state index in [1.54, 1.807) is 29.3 Å². The number of nitrogens with two attached hydrogens (primary N) is 1. The second-order valence-corrected chi connectivity index (χ2v) is 17.3. The first-order valence-corrected chi connectivity index (χ1v) is 21.6. The molecule has 3 atom stereocenters. The van der Waals surface area contributed by atoms with Crippen molar-refractivity contribution in [3.05, 3.63) is 78.4 Å². The Morgan fingerprint density at radius 3 is 2.48 bits per heavy atom. The number of para-hydroxylation sites is 1. The molecule has 0 aliphatic carbocycles. The van der Waals surface area contributed by atoms with Crippen molar-refractivity contribution in [2.24, 2.45) is 5.92 Å². The van der Waals surface area contributed by atoms with E-state index >= 15 is 4.39 Å². The molecule has 5 aromatic rings. The van der Waals surface area contributed by atoms with E-state index in [2.05, 4.69) is 51.9 Å². The highest BCUT2D eigenvalue weighted by Gasteiger charge is 2.41. The number of urea groups is 1. The molecule has 10 rings (SSSR count). The number of carbonyl (C=O) groups excluding carboxylic acids is 2. The number of rotatable bonds is 9. The second-order valence-electron chi connectivity index (χ2n) is 17.3. The van der Waals surface area contributed by atoms with E-state index in [0.717, 1.165) is 99.5 Å². The van der Waals surface area contributed by atoms with Crippen molar-refractivity contribution in [2.45, 2.75) is 63.8 Å². The van der Waals surface area contributed by atoms with Gasteiger partial charge < -0.3 is 34.8 Å². The number of imide groups is 1. The van der Waals surface area contributed by atoms with Gasteiger partial charge in [0.25, 0.3) is 0 Å². The maximum atomic E-state index is 15.6. The van der Waals surface area contributed by atoms with Gasteiger partial charge in [-0.3, -0.25) is 19.9 Å². The highest BCUT2D eigenvalue weighted by molar-refractivity contribution is 6.06. The Morgan fingerprint density at radius 2 is 1.69 bits per heavy atom. The molecule has 5 saturated heterocycles. The van der Waals surface area contributed by atoms with Gasteiger partial charge in [0.1, 0.15) is 17.2 Å². The number of hydrogen-bond donors (Lipinski definition) is 3. The predicted octanol–water partition coefficient (Wildman–Crippen LogP) is 5.15. The average Bonchev–Trinajstić information content (AvgIpc) is 3.71. The summed E-state index contributed by atoms with van der Waals surface area (Å²) in [6.45, 7) is 9.57. The summed E-state index contributed by atoms with van der Waals surface area (Å²) in [7, 11) is 0. The molecule has 4 N–H and O–H groups in total. The summed E-state index contributed by atoms with van der Waals surface area (Å²) in [5.74, 6) is 0.601. The Balaban J connectivity index is 0.750. The van der Waals surface area contributed by atoms with Gasteiger partial charge >= 0.3 is 6.03 Å². The molecule has 5 aliphatic heterocycles. The molecule has 5 fully saturated rings. The molecule has 3 amide bonds. The summed E-state index contributed by atoms with van der Waals surface area (Å²) in [5.41, 5.74) is 12.8. The number of benzene rings is 2. The molecule has 2 unspecified atom stereocenters. The number of pyridine rings is 1. The topological polar surface area (TPSA) is 161 Å². The lowest BCUT2D eigenvalue weighted by atomic mass is 9.95. The number of phenolic OH excluding ortho intramolecular Hbond substituents is 1. The van der Waals surface area contributed by atoms with E-state index in [9.17, 15) is 14.7 Å². The molecule has 318 valence electrons. The van der Waals surface area contributed by atoms with Crippen LogP contribution < -0.4 is 30.7 Å². The van der Waals surface area contributed by atoms with Crippen LogP contribution in [-0.4, -0.2) is 119 Å². The molecule has 5 aliphatic rings. The Hall–Kier alpha value is -6.00. The SMILES string of the molecule is Cc1cn(C[C@@H]2CN(CC3CCN(c4cc(N5C6CCC5CN(c5cc(-c7ccccc7O)nnc5N)C6)ccc4F)CC3)CCO2)c2ncc(N3CCC(=O)NC3=O)cc12. The largest absolute Gasteiger partial charge is 0.507 e. The lowest BCUT2D eigenvalue weighted by molar-refractivity contribution is -0.120. The van der Waals surface area contributed by atoms with Gasteiger partial charge in [-0.15, -0.1) is 10.2 Å². The van der Waals surface area contributed by atoms with Gasteiger partial charge in [0.15, 0.2) is 5.82 Å². The zero-order valence-corrected chi connectivity index (χ0v) is 34.4. The smallest absolute Gasteiger partial charge is 0.328 e. The monoisotopic (exact) mass is 829 g/mol. The summed E-state index contributed by atoms with van der Waals surface area (Å²) in [6, 6.07) is 16.7. The number of ether oxygens (including phenoxy) is 1. The van der Waals surface area contributed by atoms with Crippen LogP contribution >= 0.6 is 0 Å². The zero-order chi connectivity index (χ0) is 41.8. The molecule has 16 heteroatoms. The summed E-state index contributed by atoms with van der Waals surface area (Å²) < 4.78 is 24.0. The number of anilines is 5. The quantitative estimate of drug-likeness (QED) is 0.180. The summed E-state index contributed by atoms with van der Waals surface area (Å²) in [5, 5.41) is 22.4. The van der Waals surface area contributed by atoms with Crippen molar-refractivity contribution in [3.8, 4) is 17.0 Å². The number of aromatic nitrogens is 4. The van der Waals surface area contributed by atoms with Crippen molar-refractivity contribution in [1.29, 1.82) is 0 Å². The van der Waals surface area contributed by atoms with Crippen LogP contribution in [0.25, 0.3) is 22.3 Å². The number of morpholine rings is 1. The van der Waals surface area contributed by atoms with Crippen molar-refractivity contribution in [3.63, 3.8) is 0 Å². The van der Waals surface area contributed by atoms with Gasteiger partial charge in [0.05, 0.1) is 48.2 Å². The van der Waals surface area contributed by atoms with Crippen LogP contribution in [0.3, 0.4) is 0 Å². The number of piperazine rings is 1. The van der Waals surface area contributed by atoms with Crippen molar-refractivity contribution in [1.82, 2.24) is 30.0 Å². The number of nitrogen functional groups attached to an aromatic ring is 1. The minimum atomic E-state index is -0.417. The van der Waals surface area contributed by atoms with Crippen LogP contribution in [0.1, 0.15) is 37.7 Å². The maximum Gasteiger partial charge on any atom is 0.328 e. The number of aryl methyl sites for hydroxylation is 1. The van der Waals surface area contributed by atoms with Crippen LogP contribution in [0.15, 0.2) is 67.0 Å². The fraction of sp³-hybridized carbons (Fsp3) is 0.444. The fourth-order valence-electron chi connectivity index (χ4n) is 10.3. The molecule has 3 aromatic heterocycles.